The van der Waals surface area contributed by atoms with Crippen molar-refractivity contribution in [1.82, 2.24) is 0 Å². The van der Waals surface area contributed by atoms with Crippen LogP contribution in [-0.2, 0) is 4.74 Å². The van der Waals surface area contributed by atoms with E-state index < -0.39 is 0 Å². The van der Waals surface area contributed by atoms with E-state index in [2.05, 4.69) is 22.3 Å². The Morgan fingerprint density at radius 3 is 2.48 bits per heavy atom. The molecule has 1 aliphatic rings. The first-order chi connectivity index (χ1) is 14.1. The molecule has 0 spiro atoms. The Kier molecular flexibility index (Phi) is 5.74. The van der Waals surface area contributed by atoms with Crippen molar-refractivity contribution >= 4 is 33.7 Å². The number of rotatable bonds is 5. The number of ether oxygens (including phenoxy) is 1. The summed E-state index contributed by atoms with van der Waals surface area (Å²) in [5, 5.41) is 4.01. The zero-order chi connectivity index (χ0) is 20.2. The largest absolute Gasteiger partial charge is 0.378 e. The van der Waals surface area contributed by atoms with Gasteiger partial charge in [0, 0.05) is 29.9 Å². The molecule has 1 N–H and O–H groups in total. The maximum atomic E-state index is 12.9. The van der Waals surface area contributed by atoms with Crippen molar-refractivity contribution in [1.29, 1.82) is 0 Å². The van der Waals surface area contributed by atoms with E-state index in [9.17, 15) is 9.59 Å². The lowest BCUT2D eigenvalue weighted by atomic mass is 10.1. The quantitative estimate of drug-likeness (QED) is 0.624. The van der Waals surface area contributed by atoms with Crippen LogP contribution in [0.3, 0.4) is 0 Å². The molecule has 148 valence electrons. The molecule has 0 radical (unpaired) electrons. The lowest BCUT2D eigenvalue weighted by Crippen LogP contribution is -2.35. The predicted molar refractivity (Wildman–Crippen MR) is 117 cm³/mol. The number of carbonyl (C=O) groups is 2. The minimum Gasteiger partial charge on any atom is -0.378 e. The topological polar surface area (TPSA) is 58.6 Å². The van der Waals surface area contributed by atoms with Gasteiger partial charge in [-0.05, 0) is 30.7 Å². The van der Waals surface area contributed by atoms with E-state index in [1.807, 2.05) is 24.3 Å². The van der Waals surface area contributed by atoms with E-state index in [4.69, 9.17) is 4.74 Å². The number of hydrogen-bond acceptors (Lipinski definition) is 5. The molecule has 29 heavy (non-hydrogen) atoms. The third-order valence-corrected chi connectivity index (χ3v) is 6.04. The fraction of sp³-hybridized carbons (Fsp3) is 0.217. The SMILES string of the molecule is CC(=O)c1cccc(NC(=O)c2cc(-c3ccccc3)c(N3CCOCC3)s2)c1. The second kappa shape index (κ2) is 8.59. The van der Waals surface area contributed by atoms with Gasteiger partial charge in [-0.1, -0.05) is 42.5 Å². The summed E-state index contributed by atoms with van der Waals surface area (Å²) >= 11 is 1.49. The maximum absolute atomic E-state index is 12.9. The molecule has 2 heterocycles. The molecule has 1 aliphatic heterocycles. The van der Waals surface area contributed by atoms with Crippen LogP contribution >= 0.6 is 11.3 Å². The summed E-state index contributed by atoms with van der Waals surface area (Å²) in [4.78, 5) is 27.5. The molecule has 1 aromatic heterocycles. The van der Waals surface area contributed by atoms with Crippen LogP contribution in [0.4, 0.5) is 10.7 Å². The molecule has 3 aromatic rings. The van der Waals surface area contributed by atoms with Crippen LogP contribution in [0.15, 0.2) is 60.7 Å². The summed E-state index contributed by atoms with van der Waals surface area (Å²) < 4.78 is 5.49. The highest BCUT2D eigenvalue weighted by atomic mass is 32.1. The summed E-state index contributed by atoms with van der Waals surface area (Å²) in [6, 6.07) is 19.1. The van der Waals surface area contributed by atoms with E-state index in [0.29, 0.717) is 29.3 Å². The van der Waals surface area contributed by atoms with Crippen LogP contribution in [0.25, 0.3) is 11.1 Å². The average molecular weight is 407 g/mol. The van der Waals surface area contributed by atoms with Gasteiger partial charge < -0.3 is 15.0 Å². The fourth-order valence-corrected chi connectivity index (χ4v) is 4.46. The Morgan fingerprint density at radius 2 is 1.76 bits per heavy atom. The van der Waals surface area contributed by atoms with Crippen molar-refractivity contribution in [3.63, 3.8) is 0 Å². The molecule has 0 bridgehead atoms. The maximum Gasteiger partial charge on any atom is 0.265 e. The Hall–Kier alpha value is -2.96. The molecule has 6 heteroatoms. The molecule has 1 fully saturated rings. The van der Waals surface area contributed by atoms with Gasteiger partial charge >= 0.3 is 0 Å². The van der Waals surface area contributed by atoms with Crippen molar-refractivity contribution in [3.05, 3.63) is 71.1 Å². The van der Waals surface area contributed by atoms with Gasteiger partial charge in [0.2, 0.25) is 0 Å². The summed E-state index contributed by atoms with van der Waals surface area (Å²) in [5.41, 5.74) is 3.33. The number of thiophene rings is 1. The van der Waals surface area contributed by atoms with Crippen molar-refractivity contribution in [2.75, 3.05) is 36.5 Å². The molecule has 4 rings (SSSR count). The molecule has 0 unspecified atom stereocenters. The van der Waals surface area contributed by atoms with E-state index in [1.165, 1.54) is 18.3 Å². The Balaban J connectivity index is 1.65. The van der Waals surface area contributed by atoms with Gasteiger partial charge in [-0.25, -0.2) is 0 Å². The van der Waals surface area contributed by atoms with Crippen LogP contribution in [0.1, 0.15) is 27.0 Å². The first-order valence-electron chi connectivity index (χ1n) is 9.56. The molecule has 0 aliphatic carbocycles. The lowest BCUT2D eigenvalue weighted by Gasteiger charge is -2.28. The predicted octanol–water partition coefficient (Wildman–Crippen LogP) is 4.71. The summed E-state index contributed by atoms with van der Waals surface area (Å²) in [7, 11) is 0. The zero-order valence-electron chi connectivity index (χ0n) is 16.2. The number of carbonyl (C=O) groups excluding carboxylic acids is 2. The summed E-state index contributed by atoms with van der Waals surface area (Å²) in [6.45, 7) is 4.50. The normalized spacial score (nSPS) is 13.9. The van der Waals surface area contributed by atoms with Crippen LogP contribution in [0, 0.1) is 0 Å². The standard InChI is InChI=1S/C23H22N2O3S/c1-16(26)18-8-5-9-19(14-18)24-22(27)21-15-20(17-6-3-2-4-7-17)23(29-21)25-10-12-28-13-11-25/h2-9,14-15H,10-13H2,1H3,(H,24,27). The Labute approximate surface area is 173 Å². The van der Waals surface area contributed by atoms with E-state index in [-0.39, 0.29) is 11.7 Å². The van der Waals surface area contributed by atoms with E-state index in [0.717, 1.165) is 29.2 Å². The van der Waals surface area contributed by atoms with E-state index >= 15 is 0 Å². The van der Waals surface area contributed by atoms with Gasteiger partial charge in [-0.2, -0.15) is 0 Å². The van der Waals surface area contributed by atoms with Gasteiger partial charge in [-0.15, -0.1) is 11.3 Å². The monoisotopic (exact) mass is 406 g/mol. The van der Waals surface area contributed by atoms with Gasteiger partial charge in [0.05, 0.1) is 23.1 Å². The first-order valence-corrected chi connectivity index (χ1v) is 10.4. The highest BCUT2D eigenvalue weighted by Crippen LogP contribution is 2.39. The van der Waals surface area contributed by atoms with Gasteiger partial charge in [0.25, 0.3) is 5.91 Å². The van der Waals surface area contributed by atoms with Crippen LogP contribution in [0.2, 0.25) is 0 Å². The second-order valence-corrected chi connectivity index (χ2v) is 7.92. The molecular weight excluding hydrogens is 384 g/mol. The number of morpholine rings is 1. The lowest BCUT2D eigenvalue weighted by molar-refractivity contribution is 0.101. The van der Waals surface area contributed by atoms with Gasteiger partial charge in [-0.3, -0.25) is 9.59 Å². The molecular formula is C23H22N2O3S. The minimum absolute atomic E-state index is 0.0295. The number of amides is 1. The number of anilines is 2. The Bertz CT molecular complexity index is 1020. The van der Waals surface area contributed by atoms with Crippen LogP contribution in [0.5, 0.6) is 0 Å². The summed E-state index contributed by atoms with van der Waals surface area (Å²) in [6.07, 6.45) is 0. The van der Waals surface area contributed by atoms with Crippen molar-refractivity contribution in [3.8, 4) is 11.1 Å². The first kappa shape index (κ1) is 19.4. The van der Waals surface area contributed by atoms with E-state index in [1.54, 1.807) is 24.3 Å². The molecule has 1 saturated heterocycles. The number of ketones is 1. The highest BCUT2D eigenvalue weighted by Gasteiger charge is 2.22. The van der Waals surface area contributed by atoms with Crippen LogP contribution in [-0.4, -0.2) is 38.0 Å². The number of nitrogens with one attached hydrogen (secondary N) is 1. The van der Waals surface area contributed by atoms with Crippen molar-refractivity contribution < 1.29 is 14.3 Å². The molecule has 2 aromatic carbocycles. The Morgan fingerprint density at radius 1 is 1.00 bits per heavy atom. The zero-order valence-corrected chi connectivity index (χ0v) is 17.0. The van der Waals surface area contributed by atoms with Crippen molar-refractivity contribution in [2.24, 2.45) is 0 Å². The third-order valence-electron chi connectivity index (χ3n) is 4.85. The number of nitrogens with zero attached hydrogens (tertiary/aromatic N) is 1. The number of benzene rings is 2. The number of hydrogen-bond donors (Lipinski definition) is 1. The smallest absolute Gasteiger partial charge is 0.265 e. The fourth-order valence-electron chi connectivity index (χ4n) is 3.33. The minimum atomic E-state index is -0.174. The average Bonchev–Trinajstić information content (AvgIpc) is 3.21. The van der Waals surface area contributed by atoms with Gasteiger partial charge in [0.15, 0.2) is 5.78 Å². The molecule has 5 nitrogen and oxygen atoms in total. The molecule has 1 amide bonds. The number of Topliss-reactive ketones (excluding diaryl/α,β-unsaturated/α-hetero) is 1. The van der Waals surface area contributed by atoms with Gasteiger partial charge in [0.1, 0.15) is 0 Å². The van der Waals surface area contributed by atoms with Crippen LogP contribution < -0.4 is 10.2 Å². The summed E-state index contributed by atoms with van der Waals surface area (Å²) in [5.74, 6) is -0.203. The second-order valence-electron chi connectivity index (χ2n) is 6.89. The molecule has 0 atom stereocenters. The highest BCUT2D eigenvalue weighted by molar-refractivity contribution is 7.18. The molecule has 0 saturated carbocycles. The van der Waals surface area contributed by atoms with Crippen molar-refractivity contribution in [2.45, 2.75) is 6.92 Å². The third kappa shape index (κ3) is 4.39.